The van der Waals surface area contributed by atoms with E-state index in [0.29, 0.717) is 0 Å². The van der Waals surface area contributed by atoms with E-state index < -0.39 is 0 Å². The van der Waals surface area contributed by atoms with Gasteiger partial charge in [-0.15, -0.1) is 0 Å². The van der Waals surface area contributed by atoms with Crippen molar-refractivity contribution >= 4 is 27.7 Å². The quantitative estimate of drug-likeness (QED) is 0.712. The molecule has 1 nitrogen and oxygen atoms in total. The summed E-state index contributed by atoms with van der Waals surface area (Å²) in [5.74, 6) is -0.202. The highest BCUT2D eigenvalue weighted by molar-refractivity contribution is 9.10. The molecule has 0 fully saturated rings. The second-order valence-corrected chi connectivity index (χ2v) is 6.47. The Labute approximate surface area is 132 Å². The van der Waals surface area contributed by atoms with Crippen LogP contribution >= 0.6 is 27.7 Å². The minimum absolute atomic E-state index is 0.202. The topological polar surface area (TPSA) is 12.0 Å². The first-order chi connectivity index (χ1) is 9.69. The maximum Gasteiger partial charge on any atom is 0.124 e. The molecule has 0 radical (unpaired) electrons. The van der Waals surface area contributed by atoms with E-state index in [2.05, 4.69) is 46.4 Å². The molecule has 0 spiro atoms. The number of hydrogen-bond acceptors (Lipinski definition) is 2. The van der Waals surface area contributed by atoms with Crippen LogP contribution in [0.3, 0.4) is 0 Å². The van der Waals surface area contributed by atoms with E-state index in [4.69, 9.17) is 0 Å². The van der Waals surface area contributed by atoms with Gasteiger partial charge in [-0.3, -0.25) is 0 Å². The van der Waals surface area contributed by atoms with Crippen LogP contribution in [0.15, 0.2) is 56.7 Å². The lowest BCUT2D eigenvalue weighted by molar-refractivity contribution is 0.624. The fourth-order valence-electron chi connectivity index (χ4n) is 1.80. The highest BCUT2D eigenvalue weighted by Gasteiger charge is 2.04. The minimum atomic E-state index is -0.202. The maximum atomic E-state index is 13.2. The van der Waals surface area contributed by atoms with Gasteiger partial charge in [0.25, 0.3) is 0 Å². The second-order valence-electron chi connectivity index (χ2n) is 4.50. The normalized spacial score (nSPS) is 10.8. The summed E-state index contributed by atoms with van der Waals surface area (Å²) in [6.45, 7) is 4.05. The monoisotopic (exact) mass is 353 g/mol. The van der Waals surface area contributed by atoms with E-state index >= 15 is 0 Å². The molecule has 4 heteroatoms. The van der Waals surface area contributed by atoms with E-state index in [9.17, 15) is 4.39 Å². The number of hydrogen-bond donors (Lipinski definition) is 1. The standard InChI is InChI=1S/C16H17BrFNS/c1-2-8-19-11-12-6-7-16(15(17)9-12)20-14-5-3-4-13(18)10-14/h3-7,9-10,19H,2,8,11H2,1H3. The Bertz CT molecular complexity index is 574. The van der Waals surface area contributed by atoms with Gasteiger partial charge in [-0.05, 0) is 64.8 Å². The summed E-state index contributed by atoms with van der Waals surface area (Å²) < 4.78 is 14.2. The van der Waals surface area contributed by atoms with Gasteiger partial charge in [-0.2, -0.15) is 0 Å². The fourth-order valence-corrected chi connectivity index (χ4v) is 3.34. The van der Waals surface area contributed by atoms with E-state index in [-0.39, 0.29) is 5.82 Å². The second kappa shape index (κ2) is 7.81. The van der Waals surface area contributed by atoms with E-state index in [1.54, 1.807) is 23.9 Å². The molecule has 0 amide bonds. The average molecular weight is 354 g/mol. The van der Waals surface area contributed by atoms with Crippen LogP contribution in [0.5, 0.6) is 0 Å². The first-order valence-corrected chi connectivity index (χ1v) is 8.22. The van der Waals surface area contributed by atoms with Crippen LogP contribution in [0.1, 0.15) is 18.9 Å². The summed E-state index contributed by atoms with van der Waals surface area (Å²) in [5.41, 5.74) is 1.24. The molecule has 0 heterocycles. The minimum Gasteiger partial charge on any atom is -0.313 e. The predicted molar refractivity (Wildman–Crippen MR) is 86.7 cm³/mol. The average Bonchev–Trinajstić information content (AvgIpc) is 2.42. The van der Waals surface area contributed by atoms with Crippen LogP contribution in [0, 0.1) is 5.82 Å². The van der Waals surface area contributed by atoms with Crippen molar-refractivity contribution in [3.8, 4) is 0 Å². The van der Waals surface area contributed by atoms with Gasteiger partial charge < -0.3 is 5.32 Å². The fraction of sp³-hybridized carbons (Fsp3) is 0.250. The molecule has 106 valence electrons. The Hall–Kier alpha value is -0.840. The third-order valence-electron chi connectivity index (χ3n) is 2.78. The zero-order valence-corrected chi connectivity index (χ0v) is 13.7. The van der Waals surface area contributed by atoms with Gasteiger partial charge in [-0.1, -0.05) is 30.8 Å². The maximum absolute atomic E-state index is 13.2. The van der Waals surface area contributed by atoms with E-state index in [1.807, 2.05) is 6.07 Å². The Morgan fingerprint density at radius 3 is 2.75 bits per heavy atom. The lowest BCUT2D eigenvalue weighted by atomic mass is 10.2. The number of nitrogens with one attached hydrogen (secondary N) is 1. The van der Waals surface area contributed by atoms with Crippen LogP contribution in [0.4, 0.5) is 4.39 Å². The summed E-state index contributed by atoms with van der Waals surface area (Å²) >= 11 is 5.15. The van der Waals surface area contributed by atoms with Crippen LogP contribution in [0.2, 0.25) is 0 Å². The van der Waals surface area contributed by atoms with Gasteiger partial charge in [0.2, 0.25) is 0 Å². The number of rotatable bonds is 6. The van der Waals surface area contributed by atoms with Gasteiger partial charge >= 0.3 is 0 Å². The van der Waals surface area contributed by atoms with Crippen LogP contribution in [-0.4, -0.2) is 6.54 Å². The zero-order chi connectivity index (χ0) is 14.4. The van der Waals surface area contributed by atoms with Gasteiger partial charge in [0.05, 0.1) is 0 Å². The molecule has 1 N–H and O–H groups in total. The summed E-state index contributed by atoms with van der Waals surface area (Å²) in [7, 11) is 0. The Balaban J connectivity index is 2.06. The first kappa shape index (κ1) is 15.5. The van der Waals surface area contributed by atoms with Gasteiger partial charge in [0.1, 0.15) is 5.82 Å². The van der Waals surface area contributed by atoms with Gasteiger partial charge in [-0.25, -0.2) is 4.39 Å². The van der Waals surface area contributed by atoms with Crippen molar-refractivity contribution in [1.29, 1.82) is 0 Å². The van der Waals surface area contributed by atoms with Crippen LogP contribution < -0.4 is 5.32 Å². The first-order valence-electron chi connectivity index (χ1n) is 6.61. The smallest absolute Gasteiger partial charge is 0.124 e. The predicted octanol–water partition coefficient (Wildman–Crippen LogP) is 5.24. The lowest BCUT2D eigenvalue weighted by Crippen LogP contribution is -2.13. The molecular weight excluding hydrogens is 337 g/mol. The summed E-state index contributed by atoms with van der Waals surface area (Å²) in [6.07, 6.45) is 1.13. The summed E-state index contributed by atoms with van der Waals surface area (Å²) in [5, 5.41) is 3.38. The van der Waals surface area contributed by atoms with Crippen molar-refractivity contribution in [2.45, 2.75) is 29.7 Å². The number of halogens is 2. The van der Waals surface area contributed by atoms with Gasteiger partial charge in [0, 0.05) is 20.8 Å². The highest BCUT2D eigenvalue weighted by atomic mass is 79.9. The lowest BCUT2D eigenvalue weighted by Gasteiger charge is -2.08. The van der Waals surface area contributed by atoms with Crippen molar-refractivity contribution in [2.75, 3.05) is 6.54 Å². The molecule has 20 heavy (non-hydrogen) atoms. The number of benzene rings is 2. The van der Waals surface area contributed by atoms with Crippen LogP contribution in [-0.2, 0) is 6.54 Å². The Kier molecular flexibility index (Phi) is 6.07. The van der Waals surface area contributed by atoms with Crippen molar-refractivity contribution in [1.82, 2.24) is 5.32 Å². The molecule has 0 unspecified atom stereocenters. The Morgan fingerprint density at radius 1 is 1.20 bits per heavy atom. The van der Waals surface area contributed by atoms with Gasteiger partial charge in [0.15, 0.2) is 0 Å². The molecule has 2 aromatic rings. The molecular formula is C16H17BrFNS. The van der Waals surface area contributed by atoms with Crippen molar-refractivity contribution in [2.24, 2.45) is 0 Å². The molecule has 0 bridgehead atoms. The third-order valence-corrected chi connectivity index (χ3v) is 4.76. The molecule has 2 rings (SSSR count). The Morgan fingerprint density at radius 2 is 2.05 bits per heavy atom. The summed E-state index contributed by atoms with van der Waals surface area (Å²) in [6, 6.07) is 12.9. The molecule has 2 aromatic carbocycles. The molecule has 0 aliphatic carbocycles. The van der Waals surface area contributed by atoms with Crippen molar-refractivity contribution in [3.63, 3.8) is 0 Å². The van der Waals surface area contributed by atoms with Crippen molar-refractivity contribution in [3.05, 3.63) is 58.3 Å². The largest absolute Gasteiger partial charge is 0.313 e. The molecule has 0 aliphatic heterocycles. The van der Waals surface area contributed by atoms with Crippen LogP contribution in [0.25, 0.3) is 0 Å². The van der Waals surface area contributed by atoms with E-state index in [0.717, 1.165) is 33.8 Å². The highest BCUT2D eigenvalue weighted by Crippen LogP contribution is 2.34. The van der Waals surface area contributed by atoms with Crippen molar-refractivity contribution < 1.29 is 4.39 Å². The third kappa shape index (κ3) is 4.62. The SMILES string of the molecule is CCCNCc1ccc(Sc2cccc(F)c2)c(Br)c1. The molecule has 0 atom stereocenters. The molecule has 0 saturated heterocycles. The molecule has 0 aromatic heterocycles. The molecule has 0 aliphatic rings. The van der Waals surface area contributed by atoms with E-state index in [1.165, 1.54) is 11.6 Å². The summed E-state index contributed by atoms with van der Waals surface area (Å²) in [4.78, 5) is 2.00. The zero-order valence-electron chi connectivity index (χ0n) is 11.3. The molecule has 0 saturated carbocycles.